The van der Waals surface area contributed by atoms with Crippen LogP contribution in [0.15, 0.2) is 42.6 Å². The number of likely N-dealkylation sites (tertiary alicyclic amines) is 1. The highest BCUT2D eigenvalue weighted by atomic mass is 19.4. The number of ether oxygens (including phenoxy) is 1. The molecule has 2 heterocycles. The van der Waals surface area contributed by atoms with Crippen LogP contribution in [0, 0.1) is 0 Å². The third kappa shape index (κ3) is 5.65. The fourth-order valence-corrected chi connectivity index (χ4v) is 3.61. The van der Waals surface area contributed by atoms with Gasteiger partial charge in [-0.25, -0.2) is 9.78 Å². The summed E-state index contributed by atoms with van der Waals surface area (Å²) in [5.74, 6) is 0.576. The molecule has 10 heteroatoms. The van der Waals surface area contributed by atoms with Crippen LogP contribution in [-0.4, -0.2) is 48.1 Å². The topological polar surface area (TPSA) is 83.6 Å². The van der Waals surface area contributed by atoms with Gasteiger partial charge in [0.15, 0.2) is 0 Å². The Balaban J connectivity index is 1.72. The van der Waals surface area contributed by atoms with E-state index in [9.17, 15) is 22.8 Å². The van der Waals surface area contributed by atoms with Gasteiger partial charge in [0.05, 0.1) is 25.0 Å². The molecule has 31 heavy (non-hydrogen) atoms. The summed E-state index contributed by atoms with van der Waals surface area (Å²) >= 11 is 0. The maximum absolute atomic E-state index is 12.6. The number of piperidine rings is 1. The molecule has 0 saturated carbocycles. The molecule has 1 aromatic heterocycles. The van der Waals surface area contributed by atoms with Crippen molar-refractivity contribution in [1.29, 1.82) is 0 Å². The number of amides is 3. The highest BCUT2D eigenvalue weighted by molar-refractivity contribution is 5.89. The van der Waals surface area contributed by atoms with E-state index >= 15 is 0 Å². The van der Waals surface area contributed by atoms with Crippen LogP contribution in [0.4, 0.5) is 23.7 Å². The third-order valence-electron chi connectivity index (χ3n) is 5.23. The molecule has 1 aliphatic heterocycles. The highest BCUT2D eigenvalue weighted by Gasteiger charge is 2.33. The van der Waals surface area contributed by atoms with E-state index in [1.807, 2.05) is 24.3 Å². The number of pyridine rings is 1. The molecule has 3 rings (SSSR count). The Hall–Kier alpha value is -3.30. The van der Waals surface area contributed by atoms with E-state index in [2.05, 4.69) is 15.6 Å². The number of hydrogen-bond acceptors (Lipinski definition) is 4. The van der Waals surface area contributed by atoms with E-state index in [-0.39, 0.29) is 23.6 Å². The Morgan fingerprint density at radius 1 is 1.16 bits per heavy atom. The summed E-state index contributed by atoms with van der Waals surface area (Å²) in [6.45, 7) is 2.36. The predicted octanol–water partition coefficient (Wildman–Crippen LogP) is 3.64. The standard InChI is InChI=1S/C21H23F3N4O3/c1-13(29)28-10-9-17(14-3-6-16(31-2)7-4-14)18(12-28)27-20(30)26-15-5-8-19(25-11-15)21(22,23)24/h3-8,11,17-18H,9-10,12H2,1-2H3,(H2,26,27,30)/t17?,18-/m1/s1. The molecule has 7 nitrogen and oxygen atoms in total. The van der Waals surface area contributed by atoms with Gasteiger partial charge in [0.25, 0.3) is 0 Å². The summed E-state index contributed by atoms with van der Waals surface area (Å²) in [6, 6.07) is 8.46. The number of halogens is 3. The molecule has 3 amide bonds. The average Bonchev–Trinajstić information content (AvgIpc) is 2.73. The second kappa shape index (κ2) is 9.23. The second-order valence-corrected chi connectivity index (χ2v) is 7.27. The molecular weight excluding hydrogens is 413 g/mol. The summed E-state index contributed by atoms with van der Waals surface area (Å²) in [5, 5.41) is 5.35. The van der Waals surface area contributed by atoms with Gasteiger partial charge in [-0.05, 0) is 36.2 Å². The van der Waals surface area contributed by atoms with E-state index in [0.29, 0.717) is 25.3 Å². The van der Waals surface area contributed by atoms with Gasteiger partial charge in [-0.1, -0.05) is 12.1 Å². The minimum Gasteiger partial charge on any atom is -0.497 e. The quantitative estimate of drug-likeness (QED) is 0.767. The Labute approximate surface area is 177 Å². The van der Waals surface area contributed by atoms with Crippen molar-refractivity contribution in [3.63, 3.8) is 0 Å². The van der Waals surface area contributed by atoms with Crippen molar-refractivity contribution in [2.75, 3.05) is 25.5 Å². The maximum Gasteiger partial charge on any atom is 0.433 e. The summed E-state index contributed by atoms with van der Waals surface area (Å²) < 4.78 is 43.1. The number of nitrogens with one attached hydrogen (secondary N) is 2. The number of urea groups is 1. The fraction of sp³-hybridized carbons (Fsp3) is 0.381. The van der Waals surface area contributed by atoms with E-state index in [0.717, 1.165) is 23.9 Å². The van der Waals surface area contributed by atoms with Gasteiger partial charge in [-0.2, -0.15) is 13.2 Å². The zero-order valence-electron chi connectivity index (χ0n) is 17.1. The van der Waals surface area contributed by atoms with Gasteiger partial charge in [-0.15, -0.1) is 0 Å². The SMILES string of the molecule is COc1ccc(C2CCN(C(C)=O)C[C@H]2NC(=O)Nc2ccc(C(F)(F)F)nc2)cc1. The number of nitrogens with zero attached hydrogens (tertiary/aromatic N) is 2. The van der Waals surface area contributed by atoms with Crippen LogP contribution in [0.1, 0.15) is 30.5 Å². The van der Waals surface area contributed by atoms with E-state index < -0.39 is 17.9 Å². The molecule has 166 valence electrons. The lowest BCUT2D eigenvalue weighted by Crippen LogP contribution is -2.53. The van der Waals surface area contributed by atoms with Gasteiger partial charge < -0.3 is 20.3 Å². The minimum absolute atomic E-state index is 0.0435. The first-order chi connectivity index (χ1) is 14.7. The van der Waals surface area contributed by atoms with Crippen LogP contribution in [0.5, 0.6) is 5.75 Å². The number of carbonyl (C=O) groups excluding carboxylic acids is 2. The first kappa shape index (κ1) is 22.4. The van der Waals surface area contributed by atoms with E-state index in [4.69, 9.17) is 4.74 Å². The molecule has 2 aromatic rings. The summed E-state index contributed by atoms with van der Waals surface area (Å²) in [7, 11) is 1.57. The van der Waals surface area contributed by atoms with Crippen LogP contribution in [0.2, 0.25) is 0 Å². The minimum atomic E-state index is -4.55. The molecule has 1 aromatic carbocycles. The van der Waals surface area contributed by atoms with Crippen LogP contribution in [0.3, 0.4) is 0 Å². The average molecular weight is 436 g/mol. The lowest BCUT2D eigenvalue weighted by atomic mass is 9.85. The molecule has 2 atom stereocenters. The van der Waals surface area contributed by atoms with E-state index in [1.165, 1.54) is 6.92 Å². The maximum atomic E-state index is 12.6. The van der Waals surface area contributed by atoms with Crippen molar-refractivity contribution in [2.24, 2.45) is 0 Å². The van der Waals surface area contributed by atoms with Crippen LogP contribution in [-0.2, 0) is 11.0 Å². The number of anilines is 1. The van der Waals surface area contributed by atoms with Gasteiger partial charge in [0.1, 0.15) is 11.4 Å². The molecule has 2 N–H and O–H groups in total. The van der Waals surface area contributed by atoms with Crippen molar-refractivity contribution in [3.05, 3.63) is 53.9 Å². The van der Waals surface area contributed by atoms with Crippen LogP contribution >= 0.6 is 0 Å². The fourth-order valence-electron chi connectivity index (χ4n) is 3.61. The number of hydrogen-bond donors (Lipinski definition) is 2. The lowest BCUT2D eigenvalue weighted by molar-refractivity contribution is -0.141. The van der Waals surface area contributed by atoms with Crippen LogP contribution in [0.25, 0.3) is 0 Å². The number of carbonyl (C=O) groups is 2. The molecule has 0 bridgehead atoms. The number of benzene rings is 1. The Bertz CT molecular complexity index is 917. The van der Waals surface area contributed by atoms with Gasteiger partial charge >= 0.3 is 12.2 Å². The third-order valence-corrected chi connectivity index (χ3v) is 5.23. The number of rotatable bonds is 4. The first-order valence-electron chi connectivity index (χ1n) is 9.67. The molecule has 0 aliphatic carbocycles. The van der Waals surface area contributed by atoms with Gasteiger partial charge in [-0.3, -0.25) is 4.79 Å². The Morgan fingerprint density at radius 3 is 2.42 bits per heavy atom. The van der Waals surface area contributed by atoms with Crippen molar-refractivity contribution >= 4 is 17.6 Å². The van der Waals surface area contributed by atoms with Crippen molar-refractivity contribution in [3.8, 4) is 5.75 Å². The largest absolute Gasteiger partial charge is 0.497 e. The Morgan fingerprint density at radius 2 is 1.87 bits per heavy atom. The first-order valence-corrected chi connectivity index (χ1v) is 9.67. The normalized spacial score (nSPS) is 18.9. The molecule has 0 spiro atoms. The number of aromatic nitrogens is 1. The summed E-state index contributed by atoms with van der Waals surface area (Å²) in [6.07, 6.45) is -2.95. The monoisotopic (exact) mass is 436 g/mol. The summed E-state index contributed by atoms with van der Waals surface area (Å²) in [5.41, 5.74) is 0.0821. The summed E-state index contributed by atoms with van der Waals surface area (Å²) in [4.78, 5) is 29.4. The number of methoxy groups -OCH3 is 1. The second-order valence-electron chi connectivity index (χ2n) is 7.27. The molecule has 1 aliphatic rings. The molecular formula is C21H23F3N4O3. The number of alkyl halides is 3. The van der Waals surface area contributed by atoms with Crippen LogP contribution < -0.4 is 15.4 Å². The Kier molecular flexibility index (Phi) is 6.67. The molecule has 1 fully saturated rings. The van der Waals surface area contributed by atoms with Gasteiger partial charge in [0.2, 0.25) is 5.91 Å². The molecule has 1 saturated heterocycles. The molecule has 1 unspecified atom stereocenters. The predicted molar refractivity (Wildman–Crippen MR) is 108 cm³/mol. The zero-order valence-corrected chi connectivity index (χ0v) is 17.1. The smallest absolute Gasteiger partial charge is 0.433 e. The van der Waals surface area contributed by atoms with Gasteiger partial charge in [0, 0.05) is 25.9 Å². The van der Waals surface area contributed by atoms with E-state index in [1.54, 1.807) is 12.0 Å². The van der Waals surface area contributed by atoms with Crippen molar-refractivity contribution < 1.29 is 27.5 Å². The zero-order chi connectivity index (χ0) is 22.6. The van der Waals surface area contributed by atoms with Crippen molar-refractivity contribution in [2.45, 2.75) is 31.5 Å². The highest BCUT2D eigenvalue weighted by Crippen LogP contribution is 2.30. The molecule has 0 radical (unpaired) electrons. The lowest BCUT2D eigenvalue weighted by Gasteiger charge is -2.38. The van der Waals surface area contributed by atoms with Crippen molar-refractivity contribution in [1.82, 2.24) is 15.2 Å².